The Kier molecular flexibility index (Phi) is 7.25. The van der Waals surface area contributed by atoms with Crippen molar-refractivity contribution in [1.82, 2.24) is 15.2 Å². The lowest BCUT2D eigenvalue weighted by Gasteiger charge is -2.33. The minimum absolute atomic E-state index is 0. The summed E-state index contributed by atoms with van der Waals surface area (Å²) in [6, 6.07) is 12.2. The van der Waals surface area contributed by atoms with E-state index in [0.717, 1.165) is 44.9 Å². The number of fused-ring (bicyclic) bond motifs is 1. The van der Waals surface area contributed by atoms with Crippen molar-refractivity contribution in [2.24, 2.45) is 0 Å². The van der Waals surface area contributed by atoms with Gasteiger partial charge in [0, 0.05) is 31.4 Å². The van der Waals surface area contributed by atoms with E-state index in [1.807, 2.05) is 41.3 Å². The molecule has 2 N–H and O–H groups in total. The van der Waals surface area contributed by atoms with Gasteiger partial charge in [-0.25, -0.2) is 4.98 Å². The zero-order valence-corrected chi connectivity index (χ0v) is 17.4. The number of rotatable bonds is 3. The molecule has 4 rings (SSSR count). The molecule has 1 aromatic carbocycles. The van der Waals surface area contributed by atoms with Gasteiger partial charge in [-0.3, -0.25) is 4.79 Å². The molecule has 0 radical (unpaired) electrons. The van der Waals surface area contributed by atoms with Crippen LogP contribution in [-0.2, 0) is 0 Å². The van der Waals surface area contributed by atoms with Gasteiger partial charge in [0.2, 0.25) is 0 Å². The van der Waals surface area contributed by atoms with Crippen molar-refractivity contribution in [1.29, 1.82) is 0 Å². The number of nitrogens with one attached hydrogen (secondary N) is 2. The molecule has 0 aliphatic carbocycles. The van der Waals surface area contributed by atoms with Crippen molar-refractivity contribution in [3.05, 3.63) is 41.3 Å². The molecule has 1 aliphatic rings. The van der Waals surface area contributed by atoms with Gasteiger partial charge in [-0.15, -0.1) is 36.2 Å². The fourth-order valence-electron chi connectivity index (χ4n) is 2.82. The summed E-state index contributed by atoms with van der Waals surface area (Å²) in [5.74, 6) is 0.122. The van der Waals surface area contributed by atoms with Crippen LogP contribution in [0.1, 0.15) is 16.6 Å². The second kappa shape index (κ2) is 9.01. The summed E-state index contributed by atoms with van der Waals surface area (Å²) in [5, 5.41) is 7.48. The number of carbonyl (C=O) groups is 1. The van der Waals surface area contributed by atoms with E-state index >= 15 is 0 Å². The Labute approximate surface area is 172 Å². The van der Waals surface area contributed by atoms with Gasteiger partial charge < -0.3 is 15.5 Å². The fourth-order valence-corrected chi connectivity index (χ4v) is 4.92. The van der Waals surface area contributed by atoms with Crippen LogP contribution in [0.3, 0.4) is 0 Å². The van der Waals surface area contributed by atoms with Gasteiger partial charge in [-0.1, -0.05) is 29.5 Å². The van der Waals surface area contributed by atoms with E-state index in [0.29, 0.717) is 0 Å². The van der Waals surface area contributed by atoms with Crippen LogP contribution in [0.25, 0.3) is 9.53 Å². The Morgan fingerprint density at radius 3 is 2.73 bits per heavy atom. The molecule has 3 heterocycles. The van der Waals surface area contributed by atoms with Gasteiger partial charge in [0.1, 0.15) is 4.83 Å². The van der Waals surface area contributed by atoms with Gasteiger partial charge in [-0.2, -0.15) is 0 Å². The Bertz CT molecular complexity index is 837. The summed E-state index contributed by atoms with van der Waals surface area (Å²) in [6.45, 7) is 4.56. The third-order valence-corrected chi connectivity index (χ3v) is 6.15. The molecule has 1 saturated heterocycles. The Hall–Kier alpha value is -1.38. The van der Waals surface area contributed by atoms with Crippen molar-refractivity contribution in [3.8, 4) is 0 Å². The van der Waals surface area contributed by atoms with Crippen LogP contribution >= 0.6 is 47.5 Å². The maximum atomic E-state index is 12.7. The van der Waals surface area contributed by atoms with E-state index in [4.69, 9.17) is 0 Å². The van der Waals surface area contributed by atoms with Crippen LogP contribution < -0.4 is 10.6 Å². The second-order valence-corrected chi connectivity index (χ2v) is 7.90. The largest absolute Gasteiger partial charge is 0.333 e. The van der Waals surface area contributed by atoms with Crippen molar-refractivity contribution >= 4 is 73.7 Å². The predicted octanol–water partition coefficient (Wildman–Crippen LogP) is 4.38. The molecule has 26 heavy (non-hydrogen) atoms. The van der Waals surface area contributed by atoms with Crippen molar-refractivity contribution in [2.45, 2.75) is 13.0 Å². The highest BCUT2D eigenvalue weighted by molar-refractivity contribution is 7.29. The van der Waals surface area contributed by atoms with Crippen molar-refractivity contribution < 1.29 is 4.79 Å². The number of nitrogens with zero attached hydrogens (tertiary/aromatic N) is 2. The molecule has 1 aliphatic heterocycles. The lowest BCUT2D eigenvalue weighted by molar-refractivity contribution is 0.0661. The first-order chi connectivity index (χ1) is 11.7. The molecule has 9 heteroatoms. The highest BCUT2D eigenvalue weighted by Gasteiger charge is 2.26. The quantitative estimate of drug-likeness (QED) is 0.646. The second-order valence-electron chi connectivity index (χ2n) is 5.84. The summed E-state index contributed by atoms with van der Waals surface area (Å²) in [7, 11) is 0. The van der Waals surface area contributed by atoms with Crippen molar-refractivity contribution in [3.63, 3.8) is 0 Å². The zero-order chi connectivity index (χ0) is 16.5. The summed E-state index contributed by atoms with van der Waals surface area (Å²) in [4.78, 5) is 21.0. The normalized spacial score (nSPS) is 16.7. The summed E-state index contributed by atoms with van der Waals surface area (Å²) < 4.78 is 1.06. The molecule has 0 unspecified atom stereocenters. The third-order valence-electron chi connectivity index (χ3n) is 4.09. The Morgan fingerprint density at radius 2 is 2.04 bits per heavy atom. The number of thiophene rings is 1. The number of hydrogen-bond acceptors (Lipinski definition) is 6. The average Bonchev–Trinajstić information content (AvgIpc) is 3.14. The lowest BCUT2D eigenvalue weighted by atomic mass is 10.2. The number of aromatic nitrogens is 1. The van der Waals surface area contributed by atoms with E-state index in [2.05, 4.69) is 22.5 Å². The number of benzene rings is 1. The molecule has 1 amide bonds. The third kappa shape index (κ3) is 4.29. The van der Waals surface area contributed by atoms with Gasteiger partial charge in [-0.05, 0) is 25.1 Å². The minimum Gasteiger partial charge on any atom is -0.333 e. The molecule has 5 nitrogen and oxygen atoms in total. The Morgan fingerprint density at radius 1 is 1.27 bits per heavy atom. The highest BCUT2D eigenvalue weighted by Crippen LogP contribution is 2.34. The van der Waals surface area contributed by atoms with Crippen molar-refractivity contribution in [2.75, 3.05) is 25.0 Å². The van der Waals surface area contributed by atoms with Gasteiger partial charge in [0.05, 0.1) is 9.58 Å². The van der Waals surface area contributed by atoms with Gasteiger partial charge in [0.15, 0.2) is 5.13 Å². The van der Waals surface area contributed by atoms with Crippen LogP contribution in [0.15, 0.2) is 36.4 Å². The first-order valence-corrected chi connectivity index (χ1v) is 9.58. The zero-order valence-electron chi connectivity index (χ0n) is 14.1. The first-order valence-electron chi connectivity index (χ1n) is 7.95. The maximum Gasteiger partial charge on any atom is 0.264 e. The van der Waals surface area contributed by atoms with Gasteiger partial charge >= 0.3 is 0 Å². The molecule has 1 atom stereocenters. The maximum absolute atomic E-state index is 12.7. The first kappa shape index (κ1) is 20.9. The van der Waals surface area contributed by atoms with Gasteiger partial charge in [0.25, 0.3) is 5.91 Å². The smallest absolute Gasteiger partial charge is 0.264 e. The molecule has 2 aromatic heterocycles. The number of para-hydroxylation sites is 1. The number of halogens is 2. The van der Waals surface area contributed by atoms with E-state index < -0.39 is 0 Å². The van der Waals surface area contributed by atoms with E-state index in [9.17, 15) is 4.79 Å². The van der Waals surface area contributed by atoms with E-state index in [-0.39, 0.29) is 36.8 Å². The summed E-state index contributed by atoms with van der Waals surface area (Å²) in [6.07, 6.45) is 0. The van der Waals surface area contributed by atoms with E-state index in [1.165, 1.54) is 11.3 Å². The molecule has 0 spiro atoms. The van der Waals surface area contributed by atoms with Crippen LogP contribution in [-0.4, -0.2) is 41.5 Å². The topological polar surface area (TPSA) is 57.3 Å². The minimum atomic E-state index is 0. The molecular formula is C17H20Cl2N4OS2. The van der Waals surface area contributed by atoms with Crippen LogP contribution in [0, 0.1) is 0 Å². The SMILES string of the molecule is C[C@@H]1CNCCN1C(=O)c1cc2sc(Nc3ccccc3)nc2s1.Cl.Cl. The number of thiazole rings is 1. The van der Waals surface area contributed by atoms with E-state index in [1.54, 1.807) is 11.3 Å². The standard InChI is InChI=1S/C17H18N4OS2.2ClH/c1-11-10-18-7-8-21(11)16(22)14-9-13-15(23-14)20-17(24-13)19-12-5-3-2-4-6-12;;/h2-6,9,11,18H,7-8,10H2,1H3,(H,19,20);2*1H/t11-;;/m1../s1. The Balaban J connectivity index is 0.00000121. The molecule has 3 aromatic rings. The molecular weight excluding hydrogens is 411 g/mol. The number of amides is 1. The molecule has 0 saturated carbocycles. The molecule has 1 fully saturated rings. The molecule has 140 valence electrons. The predicted molar refractivity (Wildman–Crippen MR) is 115 cm³/mol. The lowest BCUT2D eigenvalue weighted by Crippen LogP contribution is -2.52. The monoisotopic (exact) mass is 430 g/mol. The highest BCUT2D eigenvalue weighted by atomic mass is 35.5. The number of anilines is 2. The number of hydrogen-bond donors (Lipinski definition) is 2. The summed E-state index contributed by atoms with van der Waals surface area (Å²) in [5.41, 5.74) is 1.02. The number of piperazine rings is 1. The average molecular weight is 431 g/mol. The van der Waals surface area contributed by atoms with Crippen LogP contribution in [0.4, 0.5) is 10.8 Å². The summed E-state index contributed by atoms with van der Waals surface area (Å²) >= 11 is 3.06. The van der Waals surface area contributed by atoms with Crippen LogP contribution in [0.2, 0.25) is 0 Å². The fraction of sp³-hybridized carbons (Fsp3) is 0.294. The molecule has 0 bridgehead atoms. The number of carbonyl (C=O) groups excluding carboxylic acids is 1. The van der Waals surface area contributed by atoms with Crippen LogP contribution in [0.5, 0.6) is 0 Å².